The second kappa shape index (κ2) is 7.45. The minimum Gasteiger partial charge on any atom is -0.356 e. The van der Waals surface area contributed by atoms with Gasteiger partial charge < -0.3 is 14.4 Å². The molecule has 0 saturated carbocycles. The monoisotopic (exact) mass is 385 g/mol. The topological polar surface area (TPSA) is 95.3 Å². The summed E-state index contributed by atoms with van der Waals surface area (Å²) < 4.78 is 5.35. The standard InChI is InChI=1S/C18H19N5O3S/c1-12(24)13-9-14(19-10-13)18(25)23-6-4-22(5-7-23)11-16-20-17(21-26-16)15-3-2-8-27-15/h2-3,8-10,19H,4-7,11H2,1H3. The number of amides is 1. The zero-order valence-electron chi connectivity index (χ0n) is 14.8. The van der Waals surface area contributed by atoms with Crippen LogP contribution in [0.15, 0.2) is 34.3 Å². The molecule has 0 bridgehead atoms. The molecule has 1 amide bonds. The summed E-state index contributed by atoms with van der Waals surface area (Å²) in [6, 6.07) is 5.53. The third-order valence-corrected chi connectivity index (χ3v) is 5.41. The van der Waals surface area contributed by atoms with E-state index in [4.69, 9.17) is 4.52 Å². The second-order valence-corrected chi connectivity index (χ2v) is 7.36. The molecular weight excluding hydrogens is 366 g/mol. The fourth-order valence-electron chi connectivity index (χ4n) is 3.02. The van der Waals surface area contributed by atoms with E-state index in [-0.39, 0.29) is 11.7 Å². The first-order valence-electron chi connectivity index (χ1n) is 8.67. The highest BCUT2D eigenvalue weighted by Crippen LogP contribution is 2.21. The Morgan fingerprint density at radius 1 is 1.30 bits per heavy atom. The van der Waals surface area contributed by atoms with Crippen LogP contribution in [0, 0.1) is 0 Å². The van der Waals surface area contributed by atoms with E-state index in [1.165, 1.54) is 6.92 Å². The van der Waals surface area contributed by atoms with Crippen molar-refractivity contribution in [2.45, 2.75) is 13.5 Å². The van der Waals surface area contributed by atoms with Crippen molar-refractivity contribution in [3.63, 3.8) is 0 Å². The Bertz CT molecular complexity index is 938. The highest BCUT2D eigenvalue weighted by molar-refractivity contribution is 7.13. The molecule has 0 unspecified atom stereocenters. The summed E-state index contributed by atoms with van der Waals surface area (Å²) in [5.41, 5.74) is 0.973. The van der Waals surface area contributed by atoms with Gasteiger partial charge in [0.2, 0.25) is 11.7 Å². The minimum absolute atomic E-state index is 0.0587. The van der Waals surface area contributed by atoms with Crippen LogP contribution in [0.1, 0.15) is 33.7 Å². The zero-order chi connectivity index (χ0) is 18.8. The summed E-state index contributed by atoms with van der Waals surface area (Å²) in [6.07, 6.45) is 1.58. The zero-order valence-corrected chi connectivity index (χ0v) is 15.7. The van der Waals surface area contributed by atoms with Crippen LogP contribution < -0.4 is 0 Å². The summed E-state index contributed by atoms with van der Waals surface area (Å²) in [4.78, 5) is 36.2. The maximum absolute atomic E-state index is 12.6. The van der Waals surface area contributed by atoms with Crippen molar-refractivity contribution in [3.05, 3.63) is 46.9 Å². The Hall–Kier alpha value is -2.78. The van der Waals surface area contributed by atoms with Crippen molar-refractivity contribution < 1.29 is 14.1 Å². The average Bonchev–Trinajstić information content (AvgIpc) is 3.42. The Balaban J connectivity index is 1.32. The molecule has 27 heavy (non-hydrogen) atoms. The van der Waals surface area contributed by atoms with Gasteiger partial charge in [0.1, 0.15) is 5.69 Å². The molecule has 0 spiro atoms. The molecule has 9 heteroatoms. The van der Waals surface area contributed by atoms with E-state index in [0.717, 1.165) is 18.0 Å². The van der Waals surface area contributed by atoms with E-state index >= 15 is 0 Å². The number of carbonyl (C=O) groups is 2. The number of aromatic amines is 1. The molecule has 3 aromatic heterocycles. The maximum atomic E-state index is 12.6. The lowest BCUT2D eigenvalue weighted by molar-refractivity contribution is 0.0610. The quantitative estimate of drug-likeness (QED) is 0.677. The van der Waals surface area contributed by atoms with Crippen molar-refractivity contribution in [1.29, 1.82) is 0 Å². The van der Waals surface area contributed by atoms with Gasteiger partial charge >= 0.3 is 0 Å². The molecule has 4 rings (SSSR count). The lowest BCUT2D eigenvalue weighted by Crippen LogP contribution is -2.48. The van der Waals surface area contributed by atoms with Crippen LogP contribution in [0.25, 0.3) is 10.7 Å². The van der Waals surface area contributed by atoms with E-state index < -0.39 is 0 Å². The summed E-state index contributed by atoms with van der Waals surface area (Å²) in [6.45, 7) is 4.72. The third kappa shape index (κ3) is 3.83. The van der Waals surface area contributed by atoms with Crippen molar-refractivity contribution in [3.8, 4) is 10.7 Å². The van der Waals surface area contributed by atoms with Gasteiger partial charge in [-0.3, -0.25) is 14.5 Å². The van der Waals surface area contributed by atoms with Crippen LogP contribution in [0.5, 0.6) is 0 Å². The van der Waals surface area contributed by atoms with E-state index in [9.17, 15) is 9.59 Å². The summed E-state index contributed by atoms with van der Waals surface area (Å²) in [7, 11) is 0. The fraction of sp³-hybridized carbons (Fsp3) is 0.333. The van der Waals surface area contributed by atoms with Crippen LogP contribution in [0.4, 0.5) is 0 Å². The number of H-pyrrole nitrogens is 1. The number of hydrogen-bond donors (Lipinski definition) is 1. The lowest BCUT2D eigenvalue weighted by atomic mass is 10.2. The van der Waals surface area contributed by atoms with E-state index in [0.29, 0.717) is 42.6 Å². The highest BCUT2D eigenvalue weighted by Gasteiger charge is 2.24. The summed E-state index contributed by atoms with van der Waals surface area (Å²) in [5, 5.41) is 6.00. The first-order valence-corrected chi connectivity index (χ1v) is 9.55. The van der Waals surface area contributed by atoms with Crippen LogP contribution in [-0.4, -0.2) is 62.8 Å². The van der Waals surface area contributed by atoms with Gasteiger partial charge in [-0.2, -0.15) is 4.98 Å². The molecule has 1 aliphatic heterocycles. The Morgan fingerprint density at radius 3 is 2.78 bits per heavy atom. The predicted octanol–water partition coefficient (Wildman–Crippen LogP) is 2.29. The molecule has 1 fully saturated rings. The van der Waals surface area contributed by atoms with Crippen LogP contribution in [0.3, 0.4) is 0 Å². The third-order valence-electron chi connectivity index (χ3n) is 4.55. The van der Waals surface area contributed by atoms with Gasteiger partial charge in [-0.05, 0) is 24.4 Å². The maximum Gasteiger partial charge on any atom is 0.270 e. The van der Waals surface area contributed by atoms with Gasteiger partial charge in [0.25, 0.3) is 5.91 Å². The first kappa shape index (κ1) is 17.6. The predicted molar refractivity (Wildman–Crippen MR) is 99.6 cm³/mol. The fourth-order valence-corrected chi connectivity index (χ4v) is 3.67. The van der Waals surface area contributed by atoms with Crippen molar-refractivity contribution in [2.24, 2.45) is 0 Å². The lowest BCUT2D eigenvalue weighted by Gasteiger charge is -2.33. The van der Waals surface area contributed by atoms with Crippen LogP contribution >= 0.6 is 11.3 Å². The summed E-state index contributed by atoms with van der Waals surface area (Å²) in [5.74, 6) is 1.05. The van der Waals surface area contributed by atoms with Crippen LogP contribution in [-0.2, 0) is 6.54 Å². The van der Waals surface area contributed by atoms with Crippen molar-refractivity contribution in [2.75, 3.05) is 26.2 Å². The molecule has 0 aliphatic carbocycles. The molecule has 1 aliphatic rings. The van der Waals surface area contributed by atoms with Gasteiger partial charge in [-0.25, -0.2) is 0 Å². The molecular formula is C18H19N5O3S. The Kier molecular flexibility index (Phi) is 4.87. The second-order valence-electron chi connectivity index (χ2n) is 6.42. The van der Waals surface area contributed by atoms with Gasteiger partial charge in [0.05, 0.1) is 11.4 Å². The van der Waals surface area contributed by atoms with E-state index in [2.05, 4.69) is 20.0 Å². The molecule has 1 saturated heterocycles. The number of hydrogen-bond acceptors (Lipinski definition) is 7. The number of aromatic nitrogens is 3. The smallest absolute Gasteiger partial charge is 0.270 e. The average molecular weight is 385 g/mol. The number of carbonyl (C=O) groups excluding carboxylic acids is 2. The van der Waals surface area contributed by atoms with Gasteiger partial charge in [-0.15, -0.1) is 11.3 Å². The SMILES string of the molecule is CC(=O)c1c[nH]c(C(=O)N2CCN(Cc3nc(-c4cccs4)no3)CC2)c1. The Labute approximate surface area is 159 Å². The number of rotatable bonds is 5. The molecule has 0 atom stereocenters. The van der Waals surface area contributed by atoms with Crippen molar-refractivity contribution in [1.82, 2.24) is 24.9 Å². The first-order chi connectivity index (χ1) is 13.1. The largest absolute Gasteiger partial charge is 0.356 e. The molecule has 140 valence electrons. The van der Waals surface area contributed by atoms with Crippen molar-refractivity contribution >= 4 is 23.0 Å². The Morgan fingerprint density at radius 2 is 2.11 bits per heavy atom. The van der Waals surface area contributed by atoms with Gasteiger partial charge in [-0.1, -0.05) is 11.2 Å². The molecule has 8 nitrogen and oxygen atoms in total. The van der Waals surface area contributed by atoms with Gasteiger partial charge in [0, 0.05) is 37.9 Å². The van der Waals surface area contributed by atoms with Gasteiger partial charge in [0.15, 0.2) is 5.78 Å². The van der Waals surface area contributed by atoms with E-state index in [1.807, 2.05) is 17.5 Å². The molecule has 0 aromatic carbocycles. The minimum atomic E-state index is -0.0834. The number of ketones is 1. The highest BCUT2D eigenvalue weighted by atomic mass is 32.1. The van der Waals surface area contributed by atoms with Crippen LogP contribution in [0.2, 0.25) is 0 Å². The molecule has 4 heterocycles. The number of nitrogens with zero attached hydrogens (tertiary/aromatic N) is 4. The molecule has 3 aromatic rings. The molecule has 1 N–H and O–H groups in total. The normalized spacial score (nSPS) is 15.2. The van der Waals surface area contributed by atoms with E-state index in [1.54, 1.807) is 28.5 Å². The summed E-state index contributed by atoms with van der Waals surface area (Å²) >= 11 is 1.57. The molecule has 0 radical (unpaired) electrons. The number of nitrogens with one attached hydrogen (secondary N) is 1. The number of Topliss-reactive ketones (excluding diaryl/α,β-unsaturated/α-hetero) is 1. The number of piperazine rings is 1. The number of thiophene rings is 1.